The van der Waals surface area contributed by atoms with Gasteiger partial charge >= 0.3 is 0 Å². The Morgan fingerprint density at radius 1 is 0.400 bits per heavy atom. The minimum Gasteiger partial charge on any atom is -0.464 e. The highest BCUT2D eigenvalue weighted by molar-refractivity contribution is 6.25. The van der Waals surface area contributed by atoms with E-state index in [2.05, 4.69) is 115 Å². The Labute approximate surface area is 229 Å². The number of rotatable bonds is 2. The van der Waals surface area contributed by atoms with Crippen molar-refractivity contribution in [3.8, 4) is 22.3 Å². The number of hydrogen-bond acceptors (Lipinski definition) is 2. The van der Waals surface area contributed by atoms with Gasteiger partial charge in [0.05, 0.1) is 11.6 Å². The molecule has 0 saturated carbocycles. The zero-order valence-corrected chi connectivity index (χ0v) is 21.5. The molecule has 0 atom stereocenters. The molecular weight excluding hydrogens is 488 g/mol. The summed E-state index contributed by atoms with van der Waals surface area (Å²) in [5.74, 6) is 0. The monoisotopic (exact) mass is 510 g/mol. The molecule has 0 spiro atoms. The predicted octanol–water partition coefficient (Wildman–Crippen LogP) is 11.1. The van der Waals surface area contributed by atoms with Crippen LogP contribution in [0.2, 0.25) is 0 Å². The molecule has 9 rings (SSSR count). The maximum Gasteiger partial charge on any atom is 0.146 e. The highest BCUT2D eigenvalue weighted by atomic mass is 16.3. The van der Waals surface area contributed by atoms with E-state index >= 15 is 0 Å². The molecule has 7 aromatic carbocycles. The van der Waals surface area contributed by atoms with Gasteiger partial charge in [-0.25, -0.2) is 0 Å². The maximum atomic E-state index is 6.71. The van der Waals surface area contributed by atoms with Crippen LogP contribution in [0, 0.1) is 0 Å². The first-order valence-corrected chi connectivity index (χ1v) is 13.6. The first-order chi connectivity index (χ1) is 19.8. The molecule has 0 aliphatic rings. The van der Waals surface area contributed by atoms with Crippen molar-refractivity contribution in [1.29, 1.82) is 0 Å². The molecular formula is C38H22O2. The molecule has 0 aliphatic heterocycles. The molecule has 2 nitrogen and oxygen atoms in total. The Hall–Kier alpha value is -5.34. The van der Waals surface area contributed by atoms with Gasteiger partial charge in [-0.1, -0.05) is 103 Å². The lowest BCUT2D eigenvalue weighted by Crippen LogP contribution is -1.91. The lowest BCUT2D eigenvalue weighted by atomic mass is 9.85. The van der Waals surface area contributed by atoms with Crippen molar-refractivity contribution >= 4 is 65.2 Å². The molecule has 0 bridgehead atoms. The molecule has 40 heavy (non-hydrogen) atoms. The molecule has 186 valence electrons. The largest absolute Gasteiger partial charge is 0.464 e. The van der Waals surface area contributed by atoms with Crippen LogP contribution >= 0.6 is 0 Å². The summed E-state index contributed by atoms with van der Waals surface area (Å²) in [6, 6.07) is 45.6. The van der Waals surface area contributed by atoms with Gasteiger partial charge in [0.1, 0.15) is 16.7 Å². The van der Waals surface area contributed by atoms with Crippen molar-refractivity contribution in [3.05, 3.63) is 134 Å². The molecule has 2 heterocycles. The Balaban J connectivity index is 1.43. The molecule has 0 unspecified atom stereocenters. The van der Waals surface area contributed by atoms with E-state index in [9.17, 15) is 0 Å². The van der Waals surface area contributed by atoms with E-state index in [0.717, 1.165) is 38.5 Å². The van der Waals surface area contributed by atoms with Gasteiger partial charge in [-0.15, -0.1) is 0 Å². The van der Waals surface area contributed by atoms with Crippen molar-refractivity contribution < 1.29 is 8.83 Å². The Kier molecular flexibility index (Phi) is 4.36. The van der Waals surface area contributed by atoms with Gasteiger partial charge in [0.2, 0.25) is 0 Å². The molecule has 2 heteroatoms. The Bertz CT molecular complexity index is 2380. The third kappa shape index (κ3) is 2.93. The summed E-state index contributed by atoms with van der Waals surface area (Å²) in [6.45, 7) is 0. The molecule has 0 radical (unpaired) electrons. The highest BCUT2D eigenvalue weighted by Crippen LogP contribution is 2.47. The van der Waals surface area contributed by atoms with Crippen molar-refractivity contribution in [2.24, 2.45) is 0 Å². The normalized spacial score (nSPS) is 12.0. The minimum absolute atomic E-state index is 0.837. The second kappa shape index (κ2) is 8.08. The average molecular weight is 511 g/mol. The quantitative estimate of drug-likeness (QED) is 0.216. The number of furan rings is 2. The second-order valence-electron chi connectivity index (χ2n) is 10.5. The van der Waals surface area contributed by atoms with Crippen molar-refractivity contribution in [1.82, 2.24) is 0 Å². The number of para-hydroxylation sites is 1. The van der Waals surface area contributed by atoms with Crippen LogP contribution in [0.4, 0.5) is 0 Å². The lowest BCUT2D eigenvalue weighted by Gasteiger charge is -2.18. The third-order valence-electron chi connectivity index (χ3n) is 8.33. The van der Waals surface area contributed by atoms with Gasteiger partial charge in [0, 0.05) is 21.9 Å². The minimum atomic E-state index is 0.837. The van der Waals surface area contributed by atoms with Gasteiger partial charge in [0.25, 0.3) is 0 Å². The van der Waals surface area contributed by atoms with Crippen LogP contribution < -0.4 is 0 Å². The molecule has 0 saturated heterocycles. The summed E-state index contributed by atoms with van der Waals surface area (Å²) in [5.41, 5.74) is 7.39. The fourth-order valence-corrected chi connectivity index (χ4v) is 6.57. The first-order valence-electron chi connectivity index (χ1n) is 13.6. The third-order valence-corrected chi connectivity index (χ3v) is 8.33. The predicted molar refractivity (Wildman–Crippen MR) is 167 cm³/mol. The lowest BCUT2D eigenvalue weighted by molar-refractivity contribution is 0.615. The molecule has 0 aliphatic carbocycles. The van der Waals surface area contributed by atoms with Crippen LogP contribution in [-0.4, -0.2) is 0 Å². The van der Waals surface area contributed by atoms with Gasteiger partial charge in [-0.3, -0.25) is 0 Å². The van der Waals surface area contributed by atoms with Gasteiger partial charge < -0.3 is 8.83 Å². The fourth-order valence-electron chi connectivity index (χ4n) is 6.57. The van der Waals surface area contributed by atoms with Gasteiger partial charge in [0.15, 0.2) is 0 Å². The maximum absolute atomic E-state index is 6.71. The Morgan fingerprint density at radius 2 is 1.05 bits per heavy atom. The highest BCUT2D eigenvalue weighted by Gasteiger charge is 2.21. The van der Waals surface area contributed by atoms with Crippen LogP contribution in [0.5, 0.6) is 0 Å². The summed E-state index contributed by atoms with van der Waals surface area (Å²) in [4.78, 5) is 0. The Morgan fingerprint density at radius 3 is 1.82 bits per heavy atom. The van der Waals surface area contributed by atoms with Crippen LogP contribution in [0.25, 0.3) is 87.5 Å². The van der Waals surface area contributed by atoms with Crippen LogP contribution in [0.1, 0.15) is 0 Å². The van der Waals surface area contributed by atoms with Crippen molar-refractivity contribution in [2.75, 3.05) is 0 Å². The van der Waals surface area contributed by atoms with Gasteiger partial charge in [-0.05, 0) is 67.7 Å². The molecule has 0 N–H and O–H groups in total. The summed E-state index contributed by atoms with van der Waals surface area (Å²) in [7, 11) is 0. The number of hydrogen-bond donors (Lipinski definition) is 0. The van der Waals surface area contributed by atoms with E-state index in [1.165, 1.54) is 49.0 Å². The zero-order valence-electron chi connectivity index (χ0n) is 21.5. The van der Waals surface area contributed by atoms with E-state index in [0.29, 0.717) is 0 Å². The van der Waals surface area contributed by atoms with E-state index in [1.807, 2.05) is 12.1 Å². The fraction of sp³-hybridized carbons (Fsp3) is 0. The van der Waals surface area contributed by atoms with E-state index in [-0.39, 0.29) is 0 Å². The molecule has 2 aromatic heterocycles. The van der Waals surface area contributed by atoms with Crippen LogP contribution in [0.15, 0.2) is 142 Å². The SMILES string of the molecule is c1ccc2cc(-c3c4ccccc4c(-c4cccc5c4oc4c6ccoc6ccc54)c4ccccc34)ccc2c1. The smallest absolute Gasteiger partial charge is 0.146 e. The average Bonchev–Trinajstić information content (AvgIpc) is 3.64. The molecule has 0 fully saturated rings. The van der Waals surface area contributed by atoms with Crippen molar-refractivity contribution in [2.45, 2.75) is 0 Å². The summed E-state index contributed by atoms with van der Waals surface area (Å²) in [6.07, 6.45) is 1.73. The number of benzene rings is 7. The van der Waals surface area contributed by atoms with E-state index in [1.54, 1.807) is 6.26 Å². The second-order valence-corrected chi connectivity index (χ2v) is 10.5. The zero-order chi connectivity index (χ0) is 26.2. The number of fused-ring (bicyclic) bond motifs is 8. The standard InChI is InChI=1S/C38H22O2/c1-2-9-24-22-25(17-16-23(24)8-1)35-26-10-3-5-12-28(26)36(29-13-6-4-11-27(29)35)33-15-7-14-30-31-18-19-34-32(20-21-39-34)37(31)40-38(30)33/h1-22H. The topological polar surface area (TPSA) is 26.3 Å². The van der Waals surface area contributed by atoms with Crippen LogP contribution in [0.3, 0.4) is 0 Å². The van der Waals surface area contributed by atoms with Gasteiger partial charge in [-0.2, -0.15) is 0 Å². The summed E-state index contributed by atoms with van der Waals surface area (Å²) >= 11 is 0. The first kappa shape index (κ1) is 21.6. The van der Waals surface area contributed by atoms with E-state index in [4.69, 9.17) is 8.83 Å². The molecule has 0 amide bonds. The summed E-state index contributed by atoms with van der Waals surface area (Å²) < 4.78 is 12.4. The van der Waals surface area contributed by atoms with Crippen molar-refractivity contribution in [3.63, 3.8) is 0 Å². The molecule has 9 aromatic rings. The van der Waals surface area contributed by atoms with Crippen LogP contribution in [-0.2, 0) is 0 Å². The van der Waals surface area contributed by atoms with E-state index < -0.39 is 0 Å². The summed E-state index contributed by atoms with van der Waals surface area (Å²) in [5, 5.41) is 10.6.